The molecular formula is C16H25N3. The summed E-state index contributed by atoms with van der Waals surface area (Å²) in [5.74, 6) is 0.935. The summed E-state index contributed by atoms with van der Waals surface area (Å²) in [5, 5.41) is 6.80. The molecule has 1 aromatic carbocycles. The molecule has 19 heavy (non-hydrogen) atoms. The smallest absolute Gasteiger partial charge is 0.191 e. The maximum atomic E-state index is 4.25. The summed E-state index contributed by atoms with van der Waals surface area (Å²) in [7, 11) is 1.83. The van der Waals surface area contributed by atoms with Gasteiger partial charge in [0.2, 0.25) is 0 Å². The first-order valence-electron chi connectivity index (χ1n) is 7.14. The lowest BCUT2D eigenvalue weighted by Gasteiger charge is -2.14. The monoisotopic (exact) mass is 259 g/mol. The van der Waals surface area contributed by atoms with Crippen LogP contribution in [0.3, 0.4) is 0 Å². The first-order valence-corrected chi connectivity index (χ1v) is 7.14. The molecule has 3 heteroatoms. The van der Waals surface area contributed by atoms with E-state index < -0.39 is 0 Å². The number of guanidine groups is 1. The normalized spacial score (nSPS) is 15.5. The Hall–Kier alpha value is -1.51. The predicted octanol–water partition coefficient (Wildman–Crippen LogP) is 2.48. The molecule has 0 saturated heterocycles. The maximum absolute atomic E-state index is 4.25. The topological polar surface area (TPSA) is 36.4 Å². The minimum atomic E-state index is 0.647. The van der Waals surface area contributed by atoms with Crippen LogP contribution in [-0.2, 0) is 6.42 Å². The van der Waals surface area contributed by atoms with Gasteiger partial charge in [-0.05, 0) is 56.7 Å². The Labute approximate surface area is 116 Å². The molecule has 0 radical (unpaired) electrons. The van der Waals surface area contributed by atoms with E-state index in [9.17, 15) is 0 Å². The molecule has 0 aliphatic heterocycles. The number of aryl methyl sites for hydroxylation is 3. The van der Waals surface area contributed by atoms with Crippen molar-refractivity contribution in [3.8, 4) is 0 Å². The van der Waals surface area contributed by atoms with Gasteiger partial charge in [-0.2, -0.15) is 0 Å². The Morgan fingerprint density at radius 3 is 2.37 bits per heavy atom. The Balaban J connectivity index is 1.88. The van der Waals surface area contributed by atoms with E-state index in [0.29, 0.717) is 6.04 Å². The lowest BCUT2D eigenvalue weighted by atomic mass is 9.97. The van der Waals surface area contributed by atoms with Crippen molar-refractivity contribution >= 4 is 5.96 Å². The van der Waals surface area contributed by atoms with Gasteiger partial charge in [-0.25, -0.2) is 0 Å². The van der Waals surface area contributed by atoms with E-state index in [4.69, 9.17) is 0 Å². The van der Waals surface area contributed by atoms with Crippen LogP contribution < -0.4 is 10.6 Å². The predicted molar refractivity (Wildman–Crippen MR) is 81.9 cm³/mol. The molecule has 2 rings (SSSR count). The van der Waals surface area contributed by atoms with Gasteiger partial charge in [-0.3, -0.25) is 4.99 Å². The highest BCUT2D eigenvalue weighted by molar-refractivity contribution is 5.80. The van der Waals surface area contributed by atoms with Gasteiger partial charge >= 0.3 is 0 Å². The number of benzene rings is 1. The average Bonchev–Trinajstić information content (AvgIpc) is 3.14. The third kappa shape index (κ3) is 3.98. The molecule has 1 fully saturated rings. The van der Waals surface area contributed by atoms with Crippen molar-refractivity contribution in [2.75, 3.05) is 13.6 Å². The van der Waals surface area contributed by atoms with Gasteiger partial charge in [-0.15, -0.1) is 0 Å². The standard InChI is InChI=1S/C16H25N3/c1-11-9-12(2)15(13(3)10-11)7-8-18-16(17-4)19-14-5-6-14/h9-10,14H,5-8H2,1-4H3,(H2,17,18,19). The second-order valence-electron chi connectivity index (χ2n) is 5.54. The summed E-state index contributed by atoms with van der Waals surface area (Å²) in [6.45, 7) is 7.49. The second-order valence-corrected chi connectivity index (χ2v) is 5.54. The van der Waals surface area contributed by atoms with E-state index in [1.165, 1.54) is 35.1 Å². The quantitative estimate of drug-likeness (QED) is 0.644. The number of aliphatic imine (C=N–C) groups is 1. The van der Waals surface area contributed by atoms with Crippen LogP contribution in [-0.4, -0.2) is 25.6 Å². The molecule has 0 bridgehead atoms. The molecule has 0 atom stereocenters. The molecule has 1 saturated carbocycles. The van der Waals surface area contributed by atoms with E-state index >= 15 is 0 Å². The van der Waals surface area contributed by atoms with Crippen molar-refractivity contribution in [2.24, 2.45) is 4.99 Å². The Morgan fingerprint density at radius 2 is 1.84 bits per heavy atom. The largest absolute Gasteiger partial charge is 0.356 e. The number of hydrogen-bond donors (Lipinski definition) is 2. The first-order chi connectivity index (χ1) is 9.10. The van der Waals surface area contributed by atoms with Crippen LogP contribution >= 0.6 is 0 Å². The molecular weight excluding hydrogens is 234 g/mol. The molecule has 1 aliphatic carbocycles. The van der Waals surface area contributed by atoms with Gasteiger partial charge in [0, 0.05) is 19.6 Å². The number of hydrogen-bond acceptors (Lipinski definition) is 1. The van der Waals surface area contributed by atoms with Crippen LogP contribution in [0.15, 0.2) is 17.1 Å². The molecule has 2 N–H and O–H groups in total. The number of nitrogens with one attached hydrogen (secondary N) is 2. The molecule has 104 valence electrons. The fourth-order valence-electron chi connectivity index (χ4n) is 2.53. The minimum absolute atomic E-state index is 0.647. The molecule has 0 aromatic heterocycles. The fourth-order valence-corrected chi connectivity index (χ4v) is 2.53. The minimum Gasteiger partial charge on any atom is -0.356 e. The lowest BCUT2D eigenvalue weighted by molar-refractivity contribution is 0.787. The Morgan fingerprint density at radius 1 is 1.21 bits per heavy atom. The summed E-state index contributed by atoms with van der Waals surface area (Å²) in [5.41, 5.74) is 5.59. The highest BCUT2D eigenvalue weighted by Gasteiger charge is 2.21. The summed E-state index contributed by atoms with van der Waals surface area (Å²) in [6.07, 6.45) is 3.59. The van der Waals surface area contributed by atoms with Gasteiger partial charge in [-0.1, -0.05) is 17.7 Å². The Bertz CT molecular complexity index is 450. The summed E-state index contributed by atoms with van der Waals surface area (Å²) >= 11 is 0. The molecule has 1 aromatic rings. The summed E-state index contributed by atoms with van der Waals surface area (Å²) < 4.78 is 0. The zero-order valence-corrected chi connectivity index (χ0v) is 12.5. The van der Waals surface area contributed by atoms with Crippen LogP contribution in [0.4, 0.5) is 0 Å². The van der Waals surface area contributed by atoms with Crippen molar-refractivity contribution in [1.82, 2.24) is 10.6 Å². The molecule has 0 heterocycles. The van der Waals surface area contributed by atoms with E-state index in [0.717, 1.165) is 18.9 Å². The van der Waals surface area contributed by atoms with Gasteiger partial charge in [0.05, 0.1) is 0 Å². The van der Waals surface area contributed by atoms with E-state index in [-0.39, 0.29) is 0 Å². The van der Waals surface area contributed by atoms with Crippen molar-refractivity contribution < 1.29 is 0 Å². The van der Waals surface area contributed by atoms with Crippen LogP contribution in [0.1, 0.15) is 35.1 Å². The highest BCUT2D eigenvalue weighted by Crippen LogP contribution is 2.18. The maximum Gasteiger partial charge on any atom is 0.191 e. The van der Waals surface area contributed by atoms with Gasteiger partial charge < -0.3 is 10.6 Å². The van der Waals surface area contributed by atoms with Crippen molar-refractivity contribution in [2.45, 2.75) is 46.1 Å². The fraction of sp³-hybridized carbons (Fsp3) is 0.562. The average molecular weight is 259 g/mol. The van der Waals surface area contributed by atoms with Crippen molar-refractivity contribution in [3.05, 3.63) is 34.4 Å². The van der Waals surface area contributed by atoms with Crippen LogP contribution in [0, 0.1) is 20.8 Å². The van der Waals surface area contributed by atoms with Crippen LogP contribution in [0.25, 0.3) is 0 Å². The molecule has 0 unspecified atom stereocenters. The molecule has 0 amide bonds. The summed E-state index contributed by atoms with van der Waals surface area (Å²) in [4.78, 5) is 4.25. The zero-order chi connectivity index (χ0) is 13.8. The number of rotatable bonds is 4. The van der Waals surface area contributed by atoms with E-state index in [1.807, 2.05) is 7.05 Å². The lowest BCUT2D eigenvalue weighted by Crippen LogP contribution is -2.39. The van der Waals surface area contributed by atoms with Crippen LogP contribution in [0.2, 0.25) is 0 Å². The Kier molecular flexibility index (Phi) is 4.46. The zero-order valence-electron chi connectivity index (χ0n) is 12.5. The highest BCUT2D eigenvalue weighted by atomic mass is 15.2. The van der Waals surface area contributed by atoms with Crippen LogP contribution in [0.5, 0.6) is 0 Å². The first kappa shape index (κ1) is 13.9. The summed E-state index contributed by atoms with van der Waals surface area (Å²) in [6, 6.07) is 5.17. The third-order valence-corrected chi connectivity index (χ3v) is 3.65. The van der Waals surface area contributed by atoms with Crippen molar-refractivity contribution in [3.63, 3.8) is 0 Å². The SMILES string of the molecule is CN=C(NCCc1c(C)cc(C)cc1C)NC1CC1. The molecule has 1 aliphatic rings. The molecule has 0 spiro atoms. The van der Waals surface area contributed by atoms with E-state index in [1.54, 1.807) is 0 Å². The molecule has 3 nitrogen and oxygen atoms in total. The second kappa shape index (κ2) is 6.09. The van der Waals surface area contributed by atoms with Gasteiger partial charge in [0.1, 0.15) is 0 Å². The van der Waals surface area contributed by atoms with Crippen molar-refractivity contribution in [1.29, 1.82) is 0 Å². The van der Waals surface area contributed by atoms with Gasteiger partial charge in [0.25, 0.3) is 0 Å². The van der Waals surface area contributed by atoms with E-state index in [2.05, 4.69) is 48.5 Å². The number of nitrogens with zero attached hydrogens (tertiary/aromatic N) is 1. The van der Waals surface area contributed by atoms with Gasteiger partial charge in [0.15, 0.2) is 5.96 Å². The third-order valence-electron chi connectivity index (χ3n) is 3.65.